The van der Waals surface area contributed by atoms with E-state index in [1.807, 2.05) is 39.0 Å². The standard InChI is InChI=1S/C16H20N2O2S/c1-10(2)18(7-6-15(17)21)16(19)14-9-12-8-11(3)4-5-13(12)20-14/h4-5,8-10H,6-7H2,1-3H3,(H2,17,21). The zero-order chi connectivity index (χ0) is 15.6. The molecule has 1 aromatic carbocycles. The number of thiocarbonyl (C=S) groups is 1. The number of carbonyl (C=O) groups is 1. The molecule has 2 N–H and O–H groups in total. The van der Waals surface area contributed by atoms with E-state index in [9.17, 15) is 4.79 Å². The molecule has 1 heterocycles. The number of furan rings is 1. The lowest BCUT2D eigenvalue weighted by atomic mass is 10.2. The number of aryl methyl sites for hydroxylation is 1. The Morgan fingerprint density at radius 2 is 2.10 bits per heavy atom. The number of rotatable bonds is 5. The molecular formula is C16H20N2O2S. The summed E-state index contributed by atoms with van der Waals surface area (Å²) in [6.45, 7) is 6.44. The molecule has 2 rings (SSSR count). The lowest BCUT2D eigenvalue weighted by molar-refractivity contribution is 0.0681. The maximum absolute atomic E-state index is 12.6. The van der Waals surface area contributed by atoms with Gasteiger partial charge in [-0.05, 0) is 39.0 Å². The van der Waals surface area contributed by atoms with Gasteiger partial charge >= 0.3 is 0 Å². The highest BCUT2D eigenvalue weighted by molar-refractivity contribution is 7.80. The van der Waals surface area contributed by atoms with E-state index in [0.717, 1.165) is 16.5 Å². The van der Waals surface area contributed by atoms with Gasteiger partial charge in [0, 0.05) is 24.4 Å². The molecule has 0 aliphatic heterocycles. The van der Waals surface area contributed by atoms with E-state index < -0.39 is 0 Å². The van der Waals surface area contributed by atoms with Gasteiger partial charge in [-0.3, -0.25) is 4.79 Å². The molecule has 0 fully saturated rings. The van der Waals surface area contributed by atoms with E-state index >= 15 is 0 Å². The van der Waals surface area contributed by atoms with Crippen LogP contribution in [0, 0.1) is 6.92 Å². The van der Waals surface area contributed by atoms with E-state index in [4.69, 9.17) is 22.4 Å². The molecule has 21 heavy (non-hydrogen) atoms. The van der Waals surface area contributed by atoms with E-state index in [1.165, 1.54) is 0 Å². The average molecular weight is 304 g/mol. The molecule has 1 aromatic heterocycles. The number of carbonyl (C=O) groups excluding carboxylic acids is 1. The third kappa shape index (κ3) is 3.61. The summed E-state index contributed by atoms with van der Waals surface area (Å²) in [5.41, 5.74) is 7.39. The Balaban J connectivity index is 2.27. The first kappa shape index (κ1) is 15.5. The van der Waals surface area contributed by atoms with Crippen molar-refractivity contribution in [3.05, 3.63) is 35.6 Å². The van der Waals surface area contributed by atoms with Gasteiger partial charge in [0.15, 0.2) is 5.76 Å². The number of nitrogens with two attached hydrogens (primary N) is 1. The van der Waals surface area contributed by atoms with Crippen molar-refractivity contribution in [3.8, 4) is 0 Å². The van der Waals surface area contributed by atoms with Crippen LogP contribution in [0.2, 0.25) is 0 Å². The van der Waals surface area contributed by atoms with Crippen molar-refractivity contribution in [3.63, 3.8) is 0 Å². The van der Waals surface area contributed by atoms with Gasteiger partial charge in [-0.25, -0.2) is 0 Å². The van der Waals surface area contributed by atoms with E-state index in [1.54, 1.807) is 11.0 Å². The molecule has 0 saturated carbocycles. The maximum atomic E-state index is 12.6. The SMILES string of the molecule is Cc1ccc2oc(C(=O)N(CCC(N)=S)C(C)C)cc2c1. The number of hydrogen-bond acceptors (Lipinski definition) is 3. The first-order valence-electron chi connectivity index (χ1n) is 6.98. The van der Waals surface area contributed by atoms with Gasteiger partial charge in [0.1, 0.15) is 5.58 Å². The maximum Gasteiger partial charge on any atom is 0.289 e. The lowest BCUT2D eigenvalue weighted by Gasteiger charge is -2.25. The highest BCUT2D eigenvalue weighted by Gasteiger charge is 2.22. The average Bonchev–Trinajstić information content (AvgIpc) is 2.80. The molecule has 5 heteroatoms. The predicted molar refractivity (Wildman–Crippen MR) is 88.5 cm³/mol. The van der Waals surface area contributed by atoms with Gasteiger partial charge in [-0.15, -0.1) is 0 Å². The van der Waals surface area contributed by atoms with Crippen molar-refractivity contribution in [2.75, 3.05) is 6.54 Å². The summed E-state index contributed by atoms with van der Waals surface area (Å²) in [6, 6.07) is 7.70. The molecule has 1 amide bonds. The first-order chi connectivity index (χ1) is 9.88. The van der Waals surface area contributed by atoms with Crippen molar-refractivity contribution in [1.82, 2.24) is 4.90 Å². The Kier molecular flexibility index (Phi) is 4.63. The van der Waals surface area contributed by atoms with Crippen molar-refractivity contribution in [1.29, 1.82) is 0 Å². The molecule has 2 aromatic rings. The largest absolute Gasteiger partial charge is 0.451 e. The summed E-state index contributed by atoms with van der Waals surface area (Å²) in [7, 11) is 0. The van der Waals surface area contributed by atoms with Crippen LogP contribution in [0.1, 0.15) is 36.4 Å². The van der Waals surface area contributed by atoms with Gasteiger partial charge < -0.3 is 15.1 Å². The Morgan fingerprint density at radius 3 is 2.71 bits per heavy atom. The second-order valence-corrected chi connectivity index (χ2v) is 5.98. The van der Waals surface area contributed by atoms with Crippen LogP contribution in [0.4, 0.5) is 0 Å². The van der Waals surface area contributed by atoms with Gasteiger partial charge in [0.05, 0.1) is 4.99 Å². The number of amides is 1. The molecule has 0 bridgehead atoms. The third-order valence-corrected chi connectivity index (χ3v) is 3.57. The van der Waals surface area contributed by atoms with E-state index in [-0.39, 0.29) is 11.9 Å². The molecule has 0 radical (unpaired) electrons. The number of nitrogens with zero attached hydrogens (tertiary/aromatic N) is 1. The van der Waals surface area contributed by atoms with Crippen LogP contribution < -0.4 is 5.73 Å². The topological polar surface area (TPSA) is 59.5 Å². The molecule has 0 unspecified atom stereocenters. The Hall–Kier alpha value is -1.88. The zero-order valence-electron chi connectivity index (χ0n) is 12.6. The molecule has 0 atom stereocenters. The summed E-state index contributed by atoms with van der Waals surface area (Å²) in [4.78, 5) is 14.7. The summed E-state index contributed by atoms with van der Waals surface area (Å²) in [5, 5.41) is 0.941. The van der Waals surface area contributed by atoms with E-state index in [0.29, 0.717) is 23.7 Å². The van der Waals surface area contributed by atoms with Crippen LogP contribution in [0.5, 0.6) is 0 Å². The van der Waals surface area contributed by atoms with Crippen LogP contribution in [0.15, 0.2) is 28.7 Å². The Labute approximate surface area is 129 Å². The molecule has 0 spiro atoms. The van der Waals surface area contributed by atoms with Crippen LogP contribution in [0.25, 0.3) is 11.0 Å². The minimum Gasteiger partial charge on any atom is -0.451 e. The second-order valence-electron chi connectivity index (χ2n) is 5.46. The molecule has 0 aliphatic carbocycles. The van der Waals surface area contributed by atoms with Crippen LogP contribution in [0.3, 0.4) is 0 Å². The highest BCUT2D eigenvalue weighted by atomic mass is 32.1. The number of hydrogen-bond donors (Lipinski definition) is 1. The van der Waals surface area contributed by atoms with Crippen LogP contribution in [-0.2, 0) is 0 Å². The fourth-order valence-electron chi connectivity index (χ4n) is 2.23. The summed E-state index contributed by atoms with van der Waals surface area (Å²) in [5.74, 6) is 0.224. The van der Waals surface area contributed by atoms with Crippen LogP contribution in [-0.4, -0.2) is 28.4 Å². The first-order valence-corrected chi connectivity index (χ1v) is 7.39. The van der Waals surface area contributed by atoms with E-state index in [2.05, 4.69) is 0 Å². The number of fused-ring (bicyclic) bond motifs is 1. The smallest absolute Gasteiger partial charge is 0.289 e. The zero-order valence-corrected chi connectivity index (χ0v) is 13.4. The summed E-state index contributed by atoms with van der Waals surface area (Å²) >= 11 is 4.89. The Bertz CT molecular complexity index is 676. The molecule has 0 saturated heterocycles. The van der Waals surface area contributed by atoms with Gasteiger partial charge in [-0.2, -0.15) is 0 Å². The summed E-state index contributed by atoms with van der Waals surface area (Å²) < 4.78 is 5.67. The monoisotopic (exact) mass is 304 g/mol. The third-order valence-electron chi connectivity index (χ3n) is 3.37. The molecule has 0 aliphatic rings. The second kappa shape index (κ2) is 6.26. The highest BCUT2D eigenvalue weighted by Crippen LogP contribution is 2.22. The normalized spacial score (nSPS) is 11.0. The quantitative estimate of drug-likeness (QED) is 0.861. The van der Waals surface area contributed by atoms with Crippen LogP contribution >= 0.6 is 12.2 Å². The van der Waals surface area contributed by atoms with Crippen molar-refractivity contribution in [2.24, 2.45) is 5.73 Å². The molecular weight excluding hydrogens is 284 g/mol. The van der Waals surface area contributed by atoms with Gasteiger partial charge in [0.25, 0.3) is 5.91 Å². The fourth-order valence-corrected chi connectivity index (χ4v) is 2.33. The fraction of sp³-hybridized carbons (Fsp3) is 0.375. The van der Waals surface area contributed by atoms with Gasteiger partial charge in [-0.1, -0.05) is 23.8 Å². The van der Waals surface area contributed by atoms with Crippen molar-refractivity contribution in [2.45, 2.75) is 33.2 Å². The molecule has 112 valence electrons. The van der Waals surface area contributed by atoms with Gasteiger partial charge in [0.2, 0.25) is 0 Å². The Morgan fingerprint density at radius 1 is 1.38 bits per heavy atom. The number of benzene rings is 1. The lowest BCUT2D eigenvalue weighted by Crippen LogP contribution is -2.38. The minimum absolute atomic E-state index is 0.0572. The summed E-state index contributed by atoms with van der Waals surface area (Å²) in [6.07, 6.45) is 0.512. The molecule has 4 nitrogen and oxygen atoms in total. The minimum atomic E-state index is -0.130. The van der Waals surface area contributed by atoms with Crippen molar-refractivity contribution >= 4 is 34.1 Å². The predicted octanol–water partition coefficient (Wildman–Crippen LogP) is 3.27. The van der Waals surface area contributed by atoms with Crippen molar-refractivity contribution < 1.29 is 9.21 Å².